The average molecular weight is 434 g/mol. The molecular formula is C28H23N3O2. The summed E-state index contributed by atoms with van der Waals surface area (Å²) in [4.78, 5) is 17.0. The number of rotatable bonds is 5. The van der Waals surface area contributed by atoms with Gasteiger partial charge in [0.25, 0.3) is 0 Å². The van der Waals surface area contributed by atoms with Gasteiger partial charge in [-0.05, 0) is 51.7 Å². The molecule has 1 heterocycles. The molecule has 0 spiro atoms. The van der Waals surface area contributed by atoms with Crippen LogP contribution in [0.25, 0.3) is 32.7 Å². The van der Waals surface area contributed by atoms with Crippen LogP contribution in [-0.4, -0.2) is 18.1 Å². The largest absolute Gasteiger partial charge is 0.497 e. The van der Waals surface area contributed by atoms with Gasteiger partial charge in [0.05, 0.1) is 12.8 Å². The molecule has 2 amide bonds. The Morgan fingerprint density at radius 3 is 2.64 bits per heavy atom. The number of hydrogen-bond donors (Lipinski definition) is 2. The number of fused-ring (bicyclic) bond motifs is 2. The zero-order valence-electron chi connectivity index (χ0n) is 18.2. The number of nitrogens with one attached hydrogen (secondary N) is 2. The van der Waals surface area contributed by atoms with Gasteiger partial charge < -0.3 is 15.4 Å². The summed E-state index contributed by atoms with van der Waals surface area (Å²) >= 11 is 0. The summed E-state index contributed by atoms with van der Waals surface area (Å²) in [6.07, 6.45) is 3.63. The van der Waals surface area contributed by atoms with Crippen LogP contribution in [0.4, 0.5) is 10.5 Å². The topological polar surface area (TPSA) is 63.2 Å². The van der Waals surface area contributed by atoms with Crippen molar-refractivity contribution in [3.05, 3.63) is 103 Å². The quantitative estimate of drug-likeness (QED) is 0.338. The molecule has 1 aromatic heterocycles. The Balaban J connectivity index is 1.39. The van der Waals surface area contributed by atoms with Crippen molar-refractivity contribution in [3.8, 4) is 16.9 Å². The van der Waals surface area contributed by atoms with Gasteiger partial charge in [0.15, 0.2) is 0 Å². The number of amides is 2. The van der Waals surface area contributed by atoms with Crippen molar-refractivity contribution >= 4 is 33.3 Å². The maximum Gasteiger partial charge on any atom is 0.319 e. The first kappa shape index (κ1) is 20.5. The van der Waals surface area contributed by atoms with Crippen LogP contribution in [0.15, 0.2) is 97.3 Å². The van der Waals surface area contributed by atoms with Crippen molar-refractivity contribution in [1.82, 2.24) is 10.3 Å². The minimum atomic E-state index is -0.250. The number of ether oxygens (including phenoxy) is 1. The second-order valence-corrected chi connectivity index (χ2v) is 7.76. The Bertz CT molecular complexity index is 1460. The number of aromatic nitrogens is 1. The molecule has 2 N–H and O–H groups in total. The normalized spacial score (nSPS) is 10.8. The van der Waals surface area contributed by atoms with Gasteiger partial charge in [0.1, 0.15) is 5.75 Å². The molecule has 0 fully saturated rings. The van der Waals surface area contributed by atoms with Gasteiger partial charge in [-0.2, -0.15) is 0 Å². The van der Waals surface area contributed by atoms with Crippen molar-refractivity contribution in [1.29, 1.82) is 0 Å². The van der Waals surface area contributed by atoms with Gasteiger partial charge in [-0.3, -0.25) is 4.98 Å². The van der Waals surface area contributed by atoms with Crippen LogP contribution < -0.4 is 15.4 Å². The fourth-order valence-corrected chi connectivity index (χ4v) is 4.12. The number of benzene rings is 4. The molecule has 0 atom stereocenters. The van der Waals surface area contributed by atoms with Crippen LogP contribution in [0, 0.1) is 0 Å². The zero-order valence-corrected chi connectivity index (χ0v) is 18.2. The number of carbonyl (C=O) groups is 1. The van der Waals surface area contributed by atoms with E-state index in [1.165, 1.54) is 0 Å². The summed E-state index contributed by atoms with van der Waals surface area (Å²) in [6, 6.07) is 27.7. The van der Waals surface area contributed by atoms with Crippen LogP contribution in [0.3, 0.4) is 0 Å². The lowest BCUT2D eigenvalue weighted by Crippen LogP contribution is -2.28. The Hall–Kier alpha value is -4.38. The first-order valence-electron chi connectivity index (χ1n) is 10.8. The molecule has 33 heavy (non-hydrogen) atoms. The van der Waals surface area contributed by atoms with Crippen molar-refractivity contribution in [3.63, 3.8) is 0 Å². The molecule has 0 radical (unpaired) electrons. The fourth-order valence-electron chi connectivity index (χ4n) is 4.12. The van der Waals surface area contributed by atoms with E-state index in [9.17, 15) is 4.79 Å². The number of pyridine rings is 1. The Morgan fingerprint density at radius 1 is 0.879 bits per heavy atom. The van der Waals surface area contributed by atoms with E-state index >= 15 is 0 Å². The van der Waals surface area contributed by atoms with E-state index in [1.54, 1.807) is 13.3 Å². The minimum Gasteiger partial charge on any atom is -0.497 e. The van der Waals surface area contributed by atoms with Crippen LogP contribution in [0.5, 0.6) is 5.75 Å². The summed E-state index contributed by atoms with van der Waals surface area (Å²) in [6.45, 7) is 0.386. The number of carbonyl (C=O) groups excluding carboxylic acids is 1. The Morgan fingerprint density at radius 2 is 1.73 bits per heavy atom. The maximum absolute atomic E-state index is 12.7. The molecular weight excluding hydrogens is 410 g/mol. The summed E-state index contributed by atoms with van der Waals surface area (Å²) in [5.41, 5.74) is 3.94. The molecule has 4 aromatic carbocycles. The molecule has 0 bridgehead atoms. The maximum atomic E-state index is 12.7. The van der Waals surface area contributed by atoms with E-state index in [4.69, 9.17) is 4.74 Å². The lowest BCUT2D eigenvalue weighted by molar-refractivity contribution is 0.252. The summed E-state index contributed by atoms with van der Waals surface area (Å²) in [5.74, 6) is 0.811. The zero-order chi connectivity index (χ0) is 22.6. The van der Waals surface area contributed by atoms with E-state index in [0.29, 0.717) is 6.54 Å². The number of nitrogens with zero attached hydrogens (tertiary/aromatic N) is 1. The molecule has 0 aliphatic carbocycles. The van der Waals surface area contributed by atoms with Gasteiger partial charge in [-0.15, -0.1) is 0 Å². The molecule has 0 aliphatic heterocycles. The van der Waals surface area contributed by atoms with E-state index < -0.39 is 0 Å². The van der Waals surface area contributed by atoms with E-state index in [2.05, 4.69) is 27.8 Å². The third-order valence-electron chi connectivity index (χ3n) is 5.77. The summed E-state index contributed by atoms with van der Waals surface area (Å²) < 4.78 is 5.39. The highest BCUT2D eigenvalue weighted by Gasteiger charge is 2.11. The van der Waals surface area contributed by atoms with Crippen molar-refractivity contribution < 1.29 is 9.53 Å². The smallest absolute Gasteiger partial charge is 0.319 e. The molecule has 0 aliphatic rings. The highest BCUT2D eigenvalue weighted by Crippen LogP contribution is 2.32. The average Bonchev–Trinajstić information content (AvgIpc) is 2.87. The third-order valence-corrected chi connectivity index (χ3v) is 5.77. The molecule has 5 aromatic rings. The SMILES string of the molecule is COc1cccc(-c2ccc(CNC(=O)Nc3cccc4ccccc34)c3cnccc23)c1. The minimum absolute atomic E-state index is 0.250. The van der Waals surface area contributed by atoms with E-state index in [1.807, 2.05) is 79.0 Å². The Kier molecular flexibility index (Phi) is 5.60. The molecule has 5 rings (SSSR count). The van der Waals surface area contributed by atoms with Crippen molar-refractivity contribution in [2.75, 3.05) is 12.4 Å². The molecule has 5 heteroatoms. The van der Waals surface area contributed by atoms with Gasteiger partial charge in [-0.1, -0.05) is 60.7 Å². The standard InChI is InChI=1S/C28H23N3O2/c1-33-22-9-4-8-20(16-22)23-13-12-21(26-18-29-15-14-25(23)26)17-30-28(32)31-27-11-5-7-19-6-2-3-10-24(19)27/h2-16,18H,17H2,1H3,(H2,30,31,32). The van der Waals surface area contributed by atoms with Crippen LogP contribution in [-0.2, 0) is 6.54 Å². The Labute approximate surface area is 192 Å². The van der Waals surface area contributed by atoms with Crippen LogP contribution in [0.2, 0.25) is 0 Å². The molecule has 0 saturated carbocycles. The van der Waals surface area contributed by atoms with Gasteiger partial charge in [0, 0.05) is 29.7 Å². The van der Waals surface area contributed by atoms with E-state index in [-0.39, 0.29) is 6.03 Å². The monoisotopic (exact) mass is 433 g/mol. The van der Waals surface area contributed by atoms with Crippen LogP contribution in [0.1, 0.15) is 5.56 Å². The first-order chi connectivity index (χ1) is 16.2. The molecule has 0 saturated heterocycles. The lowest BCUT2D eigenvalue weighted by atomic mass is 9.96. The predicted octanol–water partition coefficient (Wildman–Crippen LogP) is 6.39. The summed E-state index contributed by atoms with van der Waals surface area (Å²) in [5, 5.41) is 10.1. The molecule has 162 valence electrons. The highest BCUT2D eigenvalue weighted by atomic mass is 16.5. The molecule has 5 nitrogen and oxygen atoms in total. The van der Waals surface area contributed by atoms with Crippen molar-refractivity contribution in [2.45, 2.75) is 6.54 Å². The van der Waals surface area contributed by atoms with Gasteiger partial charge in [-0.25, -0.2) is 4.79 Å². The van der Waals surface area contributed by atoms with Gasteiger partial charge >= 0.3 is 6.03 Å². The second kappa shape index (κ2) is 9.01. The predicted molar refractivity (Wildman–Crippen MR) is 134 cm³/mol. The fraction of sp³-hybridized carbons (Fsp3) is 0.0714. The molecule has 0 unspecified atom stereocenters. The van der Waals surface area contributed by atoms with E-state index in [0.717, 1.165) is 49.7 Å². The van der Waals surface area contributed by atoms with Gasteiger partial charge in [0.2, 0.25) is 0 Å². The second-order valence-electron chi connectivity index (χ2n) is 7.76. The third kappa shape index (κ3) is 4.21. The lowest BCUT2D eigenvalue weighted by Gasteiger charge is -2.14. The van der Waals surface area contributed by atoms with Crippen LogP contribution >= 0.6 is 0 Å². The first-order valence-corrected chi connectivity index (χ1v) is 10.8. The highest BCUT2D eigenvalue weighted by molar-refractivity contribution is 6.02. The number of hydrogen-bond acceptors (Lipinski definition) is 3. The number of methoxy groups -OCH3 is 1. The van der Waals surface area contributed by atoms with Crippen molar-refractivity contribution in [2.24, 2.45) is 0 Å². The number of urea groups is 1. The summed E-state index contributed by atoms with van der Waals surface area (Å²) in [7, 11) is 1.67. The number of anilines is 1.